The SMILES string of the molecule is CCCCCCCCCCCCC(=O)NC(Cc1cnc[nH]1)C(=O)O. The molecule has 6 heteroatoms. The van der Waals surface area contributed by atoms with Crippen molar-refractivity contribution in [3.63, 3.8) is 0 Å². The molecule has 1 heterocycles. The van der Waals surface area contributed by atoms with E-state index in [9.17, 15) is 14.7 Å². The maximum absolute atomic E-state index is 11.9. The van der Waals surface area contributed by atoms with Crippen LogP contribution in [-0.4, -0.2) is 33.0 Å². The maximum atomic E-state index is 11.9. The molecule has 0 saturated carbocycles. The predicted octanol–water partition coefficient (Wildman–Crippen LogP) is 3.83. The van der Waals surface area contributed by atoms with E-state index < -0.39 is 12.0 Å². The number of carboxylic acids is 1. The number of aromatic nitrogens is 2. The van der Waals surface area contributed by atoms with E-state index in [1.165, 1.54) is 51.3 Å². The number of nitrogens with one attached hydrogen (secondary N) is 2. The van der Waals surface area contributed by atoms with Crippen LogP contribution >= 0.6 is 0 Å². The Morgan fingerprint density at radius 3 is 2.20 bits per heavy atom. The lowest BCUT2D eigenvalue weighted by Crippen LogP contribution is -2.42. The summed E-state index contributed by atoms with van der Waals surface area (Å²) in [7, 11) is 0. The maximum Gasteiger partial charge on any atom is 0.326 e. The van der Waals surface area contributed by atoms with Crippen LogP contribution in [0.15, 0.2) is 12.5 Å². The summed E-state index contributed by atoms with van der Waals surface area (Å²) in [4.78, 5) is 29.9. The molecule has 6 nitrogen and oxygen atoms in total. The Balaban J connectivity index is 2.06. The summed E-state index contributed by atoms with van der Waals surface area (Å²) in [6, 6.07) is -0.906. The van der Waals surface area contributed by atoms with E-state index in [0.717, 1.165) is 19.3 Å². The molecule has 142 valence electrons. The minimum absolute atomic E-state index is 0.188. The first kappa shape index (κ1) is 21.2. The van der Waals surface area contributed by atoms with Crippen LogP contribution in [0, 0.1) is 0 Å². The number of amides is 1. The average Bonchev–Trinajstić information content (AvgIpc) is 3.09. The van der Waals surface area contributed by atoms with Gasteiger partial charge in [-0.2, -0.15) is 0 Å². The molecule has 0 aliphatic carbocycles. The highest BCUT2D eigenvalue weighted by molar-refractivity contribution is 5.83. The Kier molecular flexibility index (Phi) is 11.4. The van der Waals surface area contributed by atoms with Gasteiger partial charge in [-0.1, -0.05) is 64.7 Å². The third-order valence-electron chi connectivity index (χ3n) is 4.37. The van der Waals surface area contributed by atoms with Crippen LogP contribution in [0.5, 0.6) is 0 Å². The second kappa shape index (κ2) is 13.4. The van der Waals surface area contributed by atoms with Gasteiger partial charge in [0, 0.05) is 24.7 Å². The molecule has 1 rings (SSSR count). The minimum Gasteiger partial charge on any atom is -0.480 e. The molecular weight excluding hydrogens is 318 g/mol. The first-order valence-electron chi connectivity index (χ1n) is 9.63. The first-order chi connectivity index (χ1) is 12.1. The van der Waals surface area contributed by atoms with Crippen LogP contribution in [0.1, 0.15) is 83.2 Å². The predicted molar refractivity (Wildman–Crippen MR) is 98.3 cm³/mol. The van der Waals surface area contributed by atoms with Crippen LogP contribution in [-0.2, 0) is 16.0 Å². The van der Waals surface area contributed by atoms with Gasteiger partial charge in [0.2, 0.25) is 5.91 Å². The average molecular weight is 351 g/mol. The lowest BCUT2D eigenvalue weighted by atomic mass is 10.1. The quantitative estimate of drug-likeness (QED) is 0.418. The standard InChI is InChI=1S/C19H33N3O3/c1-2-3-4-5-6-7-8-9-10-11-12-18(23)22-17(19(24)25)13-16-14-20-15-21-16/h14-15,17H,2-13H2,1H3,(H,20,21)(H,22,23)(H,24,25). The summed E-state index contributed by atoms with van der Waals surface area (Å²) in [5, 5.41) is 11.8. The van der Waals surface area contributed by atoms with Crippen molar-refractivity contribution >= 4 is 11.9 Å². The molecule has 1 atom stereocenters. The van der Waals surface area contributed by atoms with Crippen LogP contribution < -0.4 is 5.32 Å². The summed E-state index contributed by atoms with van der Waals surface area (Å²) in [6.45, 7) is 2.23. The van der Waals surface area contributed by atoms with Gasteiger partial charge in [-0.3, -0.25) is 4.79 Å². The molecule has 0 aromatic carbocycles. The van der Waals surface area contributed by atoms with Crippen molar-refractivity contribution in [2.75, 3.05) is 0 Å². The third kappa shape index (κ3) is 10.6. The smallest absolute Gasteiger partial charge is 0.326 e. The van der Waals surface area contributed by atoms with E-state index in [1.54, 1.807) is 6.20 Å². The van der Waals surface area contributed by atoms with Crippen LogP contribution in [0.25, 0.3) is 0 Å². The number of imidazole rings is 1. The first-order valence-corrected chi connectivity index (χ1v) is 9.63. The number of hydrogen-bond donors (Lipinski definition) is 3. The highest BCUT2D eigenvalue weighted by atomic mass is 16.4. The zero-order valence-corrected chi connectivity index (χ0v) is 15.4. The fourth-order valence-electron chi connectivity index (χ4n) is 2.86. The lowest BCUT2D eigenvalue weighted by molar-refractivity contribution is -0.141. The largest absolute Gasteiger partial charge is 0.480 e. The number of nitrogens with zero attached hydrogens (tertiary/aromatic N) is 1. The second-order valence-corrected chi connectivity index (χ2v) is 6.67. The molecule has 0 fully saturated rings. The van der Waals surface area contributed by atoms with Crippen molar-refractivity contribution in [3.05, 3.63) is 18.2 Å². The van der Waals surface area contributed by atoms with Gasteiger partial charge < -0.3 is 15.4 Å². The molecular formula is C19H33N3O3. The number of aromatic amines is 1. The van der Waals surface area contributed by atoms with Crippen molar-refractivity contribution in [1.29, 1.82) is 0 Å². The van der Waals surface area contributed by atoms with Crippen LogP contribution in [0.3, 0.4) is 0 Å². The zero-order valence-electron chi connectivity index (χ0n) is 15.4. The van der Waals surface area contributed by atoms with Crippen molar-refractivity contribution < 1.29 is 14.7 Å². The number of carbonyl (C=O) groups is 2. The molecule has 0 spiro atoms. The number of rotatable bonds is 15. The van der Waals surface area contributed by atoms with E-state index in [-0.39, 0.29) is 12.3 Å². The molecule has 1 unspecified atom stereocenters. The van der Waals surface area contributed by atoms with E-state index in [0.29, 0.717) is 12.1 Å². The molecule has 0 bridgehead atoms. The van der Waals surface area contributed by atoms with E-state index in [4.69, 9.17) is 0 Å². The monoisotopic (exact) mass is 351 g/mol. The van der Waals surface area contributed by atoms with Gasteiger partial charge in [0.05, 0.1) is 6.33 Å². The Hall–Kier alpha value is -1.85. The fraction of sp³-hybridized carbons (Fsp3) is 0.737. The molecule has 0 saturated heterocycles. The van der Waals surface area contributed by atoms with E-state index >= 15 is 0 Å². The van der Waals surface area contributed by atoms with Crippen LogP contribution in [0.2, 0.25) is 0 Å². The summed E-state index contributed by atoms with van der Waals surface area (Å²) >= 11 is 0. The van der Waals surface area contributed by atoms with Gasteiger partial charge >= 0.3 is 5.97 Å². The number of aliphatic carboxylic acids is 1. The molecule has 1 aromatic rings. The van der Waals surface area contributed by atoms with E-state index in [2.05, 4.69) is 22.2 Å². The molecule has 25 heavy (non-hydrogen) atoms. The Bertz CT molecular complexity index is 474. The molecule has 1 amide bonds. The van der Waals surface area contributed by atoms with Gasteiger partial charge in [0.1, 0.15) is 6.04 Å². The number of carbonyl (C=O) groups excluding carboxylic acids is 1. The lowest BCUT2D eigenvalue weighted by Gasteiger charge is -2.13. The van der Waals surface area contributed by atoms with Gasteiger partial charge in [0.25, 0.3) is 0 Å². The van der Waals surface area contributed by atoms with Gasteiger partial charge in [0.15, 0.2) is 0 Å². The second-order valence-electron chi connectivity index (χ2n) is 6.67. The van der Waals surface area contributed by atoms with Crippen molar-refractivity contribution in [2.45, 2.75) is 90.0 Å². The molecule has 3 N–H and O–H groups in total. The summed E-state index contributed by atoms with van der Waals surface area (Å²) in [5.41, 5.74) is 0.701. The Morgan fingerprint density at radius 1 is 1.08 bits per heavy atom. The van der Waals surface area contributed by atoms with Crippen molar-refractivity contribution in [3.8, 4) is 0 Å². The molecule has 0 aliphatic heterocycles. The van der Waals surface area contributed by atoms with Crippen molar-refractivity contribution in [1.82, 2.24) is 15.3 Å². The topological polar surface area (TPSA) is 95.1 Å². The van der Waals surface area contributed by atoms with Crippen molar-refractivity contribution in [2.24, 2.45) is 0 Å². The van der Waals surface area contributed by atoms with Gasteiger partial charge in [-0.25, -0.2) is 9.78 Å². The Morgan fingerprint density at radius 2 is 1.68 bits per heavy atom. The van der Waals surface area contributed by atoms with Gasteiger partial charge in [-0.15, -0.1) is 0 Å². The minimum atomic E-state index is -1.02. The molecule has 1 aromatic heterocycles. The number of H-pyrrole nitrogens is 1. The number of unbranched alkanes of at least 4 members (excludes halogenated alkanes) is 9. The normalized spacial score (nSPS) is 12.0. The van der Waals surface area contributed by atoms with E-state index in [1.807, 2.05) is 0 Å². The Labute approximate surface area is 150 Å². The molecule has 0 aliphatic rings. The number of carboxylic acid groups (broad SMARTS) is 1. The highest BCUT2D eigenvalue weighted by Gasteiger charge is 2.20. The van der Waals surface area contributed by atoms with Crippen LogP contribution in [0.4, 0.5) is 0 Å². The summed E-state index contributed by atoms with van der Waals surface area (Å²) in [6.07, 6.45) is 15.8. The zero-order chi connectivity index (χ0) is 18.3. The molecule has 0 radical (unpaired) electrons. The number of hydrogen-bond acceptors (Lipinski definition) is 3. The summed E-state index contributed by atoms with van der Waals surface area (Å²) in [5.74, 6) is -1.21. The highest BCUT2D eigenvalue weighted by Crippen LogP contribution is 2.11. The summed E-state index contributed by atoms with van der Waals surface area (Å²) < 4.78 is 0. The third-order valence-corrected chi connectivity index (χ3v) is 4.37. The van der Waals surface area contributed by atoms with Gasteiger partial charge in [-0.05, 0) is 6.42 Å². The fourth-order valence-corrected chi connectivity index (χ4v) is 2.86.